The third-order valence-corrected chi connectivity index (χ3v) is 3.87. The predicted molar refractivity (Wildman–Crippen MR) is 93.8 cm³/mol. The van der Waals surface area contributed by atoms with Gasteiger partial charge in [-0.2, -0.15) is 0 Å². The van der Waals surface area contributed by atoms with Gasteiger partial charge in [0.1, 0.15) is 6.04 Å². The molecule has 1 heterocycles. The molecule has 0 aliphatic carbocycles. The highest BCUT2D eigenvalue weighted by atomic mass is 16.5. The molecule has 0 fully saturated rings. The zero-order chi connectivity index (χ0) is 16.8. The molecule has 2 aromatic carbocycles. The number of para-hydroxylation sites is 2. The molecule has 5 heteroatoms. The van der Waals surface area contributed by atoms with Crippen molar-refractivity contribution >= 4 is 16.9 Å². The fraction of sp³-hybridized carbons (Fsp3) is 0.263. The van der Waals surface area contributed by atoms with Crippen LogP contribution in [0.3, 0.4) is 0 Å². The van der Waals surface area contributed by atoms with Gasteiger partial charge < -0.3 is 14.6 Å². The average Bonchev–Trinajstić information content (AvgIpc) is 3.04. The van der Waals surface area contributed by atoms with Crippen LogP contribution in [0.25, 0.3) is 11.0 Å². The van der Waals surface area contributed by atoms with Crippen LogP contribution in [0.15, 0.2) is 60.9 Å². The Morgan fingerprint density at radius 2 is 1.92 bits per heavy atom. The molecule has 5 nitrogen and oxygen atoms in total. The Kier molecular flexibility index (Phi) is 5.23. The third-order valence-electron chi connectivity index (χ3n) is 3.87. The molecular formula is C19H21N3O2. The number of rotatable bonds is 7. The monoisotopic (exact) mass is 323 g/mol. The molecule has 1 atom stereocenters. The zero-order valence-electron chi connectivity index (χ0n) is 13.7. The van der Waals surface area contributed by atoms with Crippen LogP contribution < -0.4 is 5.32 Å². The Morgan fingerprint density at radius 1 is 1.17 bits per heavy atom. The summed E-state index contributed by atoms with van der Waals surface area (Å²) in [4.78, 5) is 17.2. The summed E-state index contributed by atoms with van der Waals surface area (Å²) in [5, 5.41) is 2.96. The summed E-state index contributed by atoms with van der Waals surface area (Å²) in [6, 6.07) is 17.1. The molecule has 0 aliphatic heterocycles. The maximum atomic E-state index is 12.8. The summed E-state index contributed by atoms with van der Waals surface area (Å²) in [5.74, 6) is -0.0657. The number of benzene rings is 2. The third kappa shape index (κ3) is 3.46. The quantitative estimate of drug-likeness (QED) is 0.680. The number of nitrogens with one attached hydrogen (secondary N) is 1. The van der Waals surface area contributed by atoms with E-state index < -0.39 is 6.04 Å². The minimum absolute atomic E-state index is 0.0657. The van der Waals surface area contributed by atoms with Crippen LogP contribution in [0.2, 0.25) is 0 Å². The van der Waals surface area contributed by atoms with Gasteiger partial charge in [-0.25, -0.2) is 4.98 Å². The van der Waals surface area contributed by atoms with Crippen molar-refractivity contribution in [3.63, 3.8) is 0 Å². The van der Waals surface area contributed by atoms with Crippen molar-refractivity contribution < 1.29 is 9.53 Å². The predicted octanol–water partition coefficient (Wildman–Crippen LogP) is 2.78. The van der Waals surface area contributed by atoms with Crippen LogP contribution in [0.5, 0.6) is 0 Å². The van der Waals surface area contributed by atoms with Crippen LogP contribution in [-0.2, 0) is 9.53 Å². The highest BCUT2D eigenvalue weighted by molar-refractivity contribution is 5.86. The largest absolute Gasteiger partial charge is 0.380 e. The Morgan fingerprint density at radius 3 is 2.71 bits per heavy atom. The SMILES string of the molecule is CCOCCNC(=O)C(c1ccccc1)n1cnc2ccccc21. The maximum Gasteiger partial charge on any atom is 0.247 e. The minimum Gasteiger partial charge on any atom is -0.380 e. The Balaban J connectivity index is 1.92. The molecule has 3 aromatic rings. The Labute approximate surface area is 141 Å². The molecule has 1 unspecified atom stereocenters. The van der Waals surface area contributed by atoms with Crippen molar-refractivity contribution in [3.05, 3.63) is 66.5 Å². The van der Waals surface area contributed by atoms with E-state index in [1.165, 1.54) is 0 Å². The normalized spacial score (nSPS) is 12.2. The first-order chi connectivity index (χ1) is 11.8. The van der Waals surface area contributed by atoms with Crippen molar-refractivity contribution in [2.45, 2.75) is 13.0 Å². The number of fused-ring (bicyclic) bond motifs is 1. The number of hydrogen-bond donors (Lipinski definition) is 1. The number of amides is 1. The van der Waals surface area contributed by atoms with Gasteiger partial charge in [-0.05, 0) is 24.6 Å². The molecule has 0 radical (unpaired) electrons. The Hall–Kier alpha value is -2.66. The van der Waals surface area contributed by atoms with Crippen molar-refractivity contribution in [2.24, 2.45) is 0 Å². The molecule has 1 N–H and O–H groups in total. The first-order valence-corrected chi connectivity index (χ1v) is 8.13. The zero-order valence-corrected chi connectivity index (χ0v) is 13.7. The molecule has 24 heavy (non-hydrogen) atoms. The number of ether oxygens (including phenoxy) is 1. The lowest BCUT2D eigenvalue weighted by Gasteiger charge is -2.19. The van der Waals surface area contributed by atoms with Gasteiger partial charge in [0.2, 0.25) is 5.91 Å². The van der Waals surface area contributed by atoms with Gasteiger partial charge >= 0.3 is 0 Å². The fourth-order valence-electron chi connectivity index (χ4n) is 2.75. The lowest BCUT2D eigenvalue weighted by Crippen LogP contribution is -2.35. The average molecular weight is 323 g/mol. The molecule has 124 valence electrons. The molecule has 0 saturated carbocycles. The maximum absolute atomic E-state index is 12.8. The van der Waals surface area contributed by atoms with E-state index in [0.29, 0.717) is 19.8 Å². The van der Waals surface area contributed by atoms with E-state index in [0.717, 1.165) is 16.6 Å². The second-order valence-electron chi connectivity index (χ2n) is 5.44. The van der Waals surface area contributed by atoms with Crippen molar-refractivity contribution in [1.29, 1.82) is 0 Å². The molecular weight excluding hydrogens is 302 g/mol. The van der Waals surface area contributed by atoms with Gasteiger partial charge in [-0.1, -0.05) is 42.5 Å². The van der Waals surface area contributed by atoms with E-state index in [9.17, 15) is 4.79 Å². The summed E-state index contributed by atoms with van der Waals surface area (Å²) in [6.45, 7) is 3.58. The van der Waals surface area contributed by atoms with Crippen molar-refractivity contribution in [2.75, 3.05) is 19.8 Å². The molecule has 0 saturated heterocycles. The number of carbonyl (C=O) groups excluding carboxylic acids is 1. The topological polar surface area (TPSA) is 56.1 Å². The summed E-state index contributed by atoms with van der Waals surface area (Å²) in [5.41, 5.74) is 2.74. The van der Waals surface area contributed by atoms with Gasteiger partial charge in [0, 0.05) is 13.2 Å². The van der Waals surface area contributed by atoms with Crippen LogP contribution >= 0.6 is 0 Å². The van der Waals surface area contributed by atoms with E-state index in [1.807, 2.05) is 66.1 Å². The van der Waals surface area contributed by atoms with E-state index in [2.05, 4.69) is 10.3 Å². The number of aromatic nitrogens is 2. The fourth-order valence-corrected chi connectivity index (χ4v) is 2.75. The highest BCUT2D eigenvalue weighted by Crippen LogP contribution is 2.23. The molecule has 0 bridgehead atoms. The first-order valence-electron chi connectivity index (χ1n) is 8.13. The number of nitrogens with zero attached hydrogens (tertiary/aromatic N) is 2. The van der Waals surface area contributed by atoms with Crippen LogP contribution in [0.4, 0.5) is 0 Å². The summed E-state index contributed by atoms with van der Waals surface area (Å²) < 4.78 is 7.21. The molecule has 0 aliphatic rings. The van der Waals surface area contributed by atoms with E-state index >= 15 is 0 Å². The highest BCUT2D eigenvalue weighted by Gasteiger charge is 2.23. The second-order valence-corrected chi connectivity index (χ2v) is 5.44. The van der Waals surface area contributed by atoms with Gasteiger partial charge in [0.05, 0.1) is 24.0 Å². The molecule has 3 rings (SSSR count). The van der Waals surface area contributed by atoms with Crippen LogP contribution in [-0.4, -0.2) is 35.2 Å². The lowest BCUT2D eigenvalue weighted by molar-refractivity contribution is -0.123. The van der Waals surface area contributed by atoms with Crippen LogP contribution in [0.1, 0.15) is 18.5 Å². The van der Waals surface area contributed by atoms with E-state index in [-0.39, 0.29) is 5.91 Å². The van der Waals surface area contributed by atoms with Gasteiger partial charge in [0.25, 0.3) is 0 Å². The van der Waals surface area contributed by atoms with E-state index in [1.54, 1.807) is 6.33 Å². The standard InChI is InChI=1S/C19H21N3O2/c1-2-24-13-12-20-19(23)18(15-8-4-3-5-9-15)22-14-21-16-10-6-7-11-17(16)22/h3-11,14,18H,2,12-13H2,1H3,(H,20,23). The van der Waals surface area contributed by atoms with Gasteiger partial charge in [-0.3, -0.25) is 4.79 Å². The summed E-state index contributed by atoms with van der Waals surface area (Å²) in [7, 11) is 0. The lowest BCUT2D eigenvalue weighted by atomic mass is 10.1. The first kappa shape index (κ1) is 16.2. The van der Waals surface area contributed by atoms with Crippen molar-refractivity contribution in [3.8, 4) is 0 Å². The second kappa shape index (κ2) is 7.75. The number of carbonyl (C=O) groups is 1. The Bertz CT molecular complexity index is 798. The van der Waals surface area contributed by atoms with Crippen LogP contribution in [0, 0.1) is 0 Å². The van der Waals surface area contributed by atoms with Crippen molar-refractivity contribution in [1.82, 2.24) is 14.9 Å². The number of hydrogen-bond acceptors (Lipinski definition) is 3. The summed E-state index contributed by atoms with van der Waals surface area (Å²) in [6.07, 6.45) is 1.73. The molecule has 0 spiro atoms. The molecule has 1 aromatic heterocycles. The van der Waals surface area contributed by atoms with Gasteiger partial charge in [0.15, 0.2) is 0 Å². The minimum atomic E-state index is -0.458. The summed E-state index contributed by atoms with van der Waals surface area (Å²) >= 11 is 0. The van der Waals surface area contributed by atoms with Gasteiger partial charge in [-0.15, -0.1) is 0 Å². The van der Waals surface area contributed by atoms with E-state index in [4.69, 9.17) is 4.74 Å². The number of imidazole rings is 1. The molecule has 1 amide bonds. The smallest absolute Gasteiger partial charge is 0.247 e.